The van der Waals surface area contributed by atoms with Crippen molar-refractivity contribution in [1.29, 1.82) is 0 Å². The zero-order chi connectivity index (χ0) is 45.5. The monoisotopic (exact) mass is 887 g/mol. The number of amides is 4. The maximum Gasteiger partial charge on any atom is 0.407 e. The molecule has 3 aromatic carbocycles. The smallest absolute Gasteiger partial charge is 0.407 e. The molecule has 9 rings (SSSR count). The van der Waals surface area contributed by atoms with Crippen LogP contribution in [0.2, 0.25) is 0 Å². The predicted molar refractivity (Wildman–Crippen MR) is 246 cm³/mol. The standard InChI is InChI=1S/C50H61N7O8/c1-7-8-33-12-16-41(57(33)48(59)45(55-50(61)63-6)29-17-19-64-20-18-29)39-23-36-35-24-43-37(22-30(35)11-14-38(36)52-39)34-13-10-31(21-32(34)26-65-43)40-25-51-46(53-40)42-15-9-28(4)56(42)47(58)44(27(2)3)54-49(60)62-5/h10-11,13-14,21-22,24-25,27-29,33,41-42,44-45H,7-9,12,15-20,23,26H2,1-6H3,(H,51,53)(H,54,60)(H,55,61)/t28-,33-,41-,42-,44-,45-/m0/s1. The van der Waals surface area contributed by atoms with E-state index in [-0.39, 0.29) is 47.8 Å². The molecule has 0 unspecified atom stereocenters. The third kappa shape index (κ3) is 8.43. The van der Waals surface area contributed by atoms with Crippen LogP contribution >= 0.6 is 0 Å². The number of methoxy groups -OCH3 is 2. The molecule has 5 aliphatic rings. The number of carbonyl (C=O) groups is 4. The highest BCUT2D eigenvalue weighted by molar-refractivity contribution is 6.07. The van der Waals surface area contributed by atoms with Crippen LogP contribution in [0, 0.1) is 11.8 Å². The second-order valence-electron chi connectivity index (χ2n) is 18.6. The molecule has 0 saturated carbocycles. The number of hydrogen-bond donors (Lipinski definition) is 3. The van der Waals surface area contributed by atoms with E-state index in [2.05, 4.69) is 65.0 Å². The Morgan fingerprint density at radius 1 is 0.877 bits per heavy atom. The van der Waals surface area contributed by atoms with Gasteiger partial charge in [-0.2, -0.15) is 0 Å². The normalized spacial score (nSPS) is 22.4. The van der Waals surface area contributed by atoms with Gasteiger partial charge in [-0.3, -0.25) is 14.6 Å². The zero-order valence-corrected chi connectivity index (χ0v) is 38.3. The van der Waals surface area contributed by atoms with Crippen molar-refractivity contribution in [3.8, 4) is 28.1 Å². The minimum atomic E-state index is -0.717. The Balaban J connectivity index is 0.943. The van der Waals surface area contributed by atoms with Crippen molar-refractivity contribution in [2.75, 3.05) is 27.4 Å². The summed E-state index contributed by atoms with van der Waals surface area (Å²) in [6.07, 6.45) is 7.75. The van der Waals surface area contributed by atoms with Gasteiger partial charge in [0.2, 0.25) is 11.8 Å². The Kier molecular flexibility index (Phi) is 12.6. The molecule has 15 nitrogen and oxygen atoms in total. The van der Waals surface area contributed by atoms with Gasteiger partial charge in [0.1, 0.15) is 30.3 Å². The lowest BCUT2D eigenvalue weighted by atomic mass is 9.89. The third-order valence-electron chi connectivity index (χ3n) is 14.4. The minimum absolute atomic E-state index is 0.0143. The number of H-pyrrole nitrogens is 1. The van der Waals surface area contributed by atoms with E-state index in [4.69, 9.17) is 28.9 Å². The van der Waals surface area contributed by atoms with Crippen LogP contribution in [0.4, 0.5) is 15.3 Å². The van der Waals surface area contributed by atoms with Gasteiger partial charge in [0.25, 0.3) is 0 Å². The molecular formula is C50H61N7O8. The minimum Gasteiger partial charge on any atom is -0.488 e. The molecule has 1 aromatic heterocycles. The highest BCUT2D eigenvalue weighted by Gasteiger charge is 2.45. The molecule has 0 aliphatic carbocycles. The Hall–Kier alpha value is -5.96. The number of aliphatic imine (C=N–C) groups is 1. The fraction of sp³-hybridized carbons (Fsp3) is 0.520. The van der Waals surface area contributed by atoms with Crippen molar-refractivity contribution < 1.29 is 38.1 Å². The van der Waals surface area contributed by atoms with Gasteiger partial charge in [-0.15, -0.1) is 0 Å². The van der Waals surface area contributed by atoms with Crippen LogP contribution in [0.15, 0.2) is 53.7 Å². The van der Waals surface area contributed by atoms with Crippen molar-refractivity contribution in [3.05, 3.63) is 65.6 Å². The summed E-state index contributed by atoms with van der Waals surface area (Å²) >= 11 is 0. The number of aromatic nitrogens is 2. The number of nitrogens with zero attached hydrogens (tertiary/aromatic N) is 4. The van der Waals surface area contributed by atoms with E-state index in [9.17, 15) is 19.2 Å². The zero-order valence-electron chi connectivity index (χ0n) is 38.3. The number of ether oxygens (including phenoxy) is 4. The Labute approximate surface area is 380 Å². The largest absolute Gasteiger partial charge is 0.488 e. The molecule has 3 saturated heterocycles. The Morgan fingerprint density at radius 2 is 1.65 bits per heavy atom. The van der Waals surface area contributed by atoms with Crippen LogP contribution < -0.4 is 15.4 Å². The number of nitrogens with one attached hydrogen (secondary N) is 3. The molecule has 3 fully saturated rings. The van der Waals surface area contributed by atoms with Gasteiger partial charge < -0.3 is 44.4 Å². The van der Waals surface area contributed by atoms with Gasteiger partial charge in [0.05, 0.1) is 43.9 Å². The summed E-state index contributed by atoms with van der Waals surface area (Å²) < 4.78 is 21.9. The van der Waals surface area contributed by atoms with E-state index < -0.39 is 24.3 Å². The molecule has 0 spiro atoms. The average Bonchev–Trinajstić information content (AvgIpc) is 4.15. The lowest BCUT2D eigenvalue weighted by Crippen LogP contribution is -2.57. The molecule has 6 heterocycles. The average molecular weight is 888 g/mol. The number of aromatic amines is 1. The lowest BCUT2D eigenvalue weighted by Gasteiger charge is -2.37. The first-order chi connectivity index (χ1) is 31.5. The van der Waals surface area contributed by atoms with E-state index in [1.165, 1.54) is 14.2 Å². The summed E-state index contributed by atoms with van der Waals surface area (Å²) in [7, 11) is 2.63. The first-order valence-corrected chi connectivity index (χ1v) is 23.4. The maximum atomic E-state index is 14.7. The molecule has 344 valence electrons. The molecule has 5 aliphatic heterocycles. The Morgan fingerprint density at radius 3 is 2.40 bits per heavy atom. The van der Waals surface area contributed by atoms with Crippen LogP contribution in [-0.2, 0) is 36.8 Å². The van der Waals surface area contributed by atoms with Crippen molar-refractivity contribution in [2.24, 2.45) is 16.8 Å². The van der Waals surface area contributed by atoms with E-state index in [1.54, 1.807) is 0 Å². The van der Waals surface area contributed by atoms with Gasteiger partial charge >= 0.3 is 12.2 Å². The van der Waals surface area contributed by atoms with Gasteiger partial charge in [0, 0.05) is 43.0 Å². The molecule has 15 heteroatoms. The van der Waals surface area contributed by atoms with E-state index >= 15 is 0 Å². The summed E-state index contributed by atoms with van der Waals surface area (Å²) in [6, 6.07) is 13.2. The van der Waals surface area contributed by atoms with Gasteiger partial charge in [0.15, 0.2) is 0 Å². The van der Waals surface area contributed by atoms with Crippen LogP contribution in [0.3, 0.4) is 0 Å². The number of fused-ring (bicyclic) bond motifs is 6. The molecule has 4 aromatic rings. The molecule has 3 N–H and O–H groups in total. The first-order valence-electron chi connectivity index (χ1n) is 23.4. The quantitative estimate of drug-likeness (QED) is 0.134. The van der Waals surface area contributed by atoms with Crippen LogP contribution in [0.25, 0.3) is 33.2 Å². The van der Waals surface area contributed by atoms with Crippen molar-refractivity contribution in [1.82, 2.24) is 30.4 Å². The molecule has 0 bridgehead atoms. The fourth-order valence-electron chi connectivity index (χ4n) is 11.0. The van der Waals surface area contributed by atoms with Gasteiger partial charge in [-0.1, -0.05) is 45.4 Å². The van der Waals surface area contributed by atoms with Gasteiger partial charge in [-0.25, -0.2) is 14.6 Å². The number of benzene rings is 3. The fourth-order valence-corrected chi connectivity index (χ4v) is 11.0. The number of alkyl carbamates (subject to hydrolysis) is 2. The summed E-state index contributed by atoms with van der Waals surface area (Å²) in [5.74, 6) is 1.16. The van der Waals surface area contributed by atoms with Crippen LogP contribution in [0.1, 0.15) is 102 Å². The summed E-state index contributed by atoms with van der Waals surface area (Å²) in [6.45, 7) is 9.53. The highest BCUT2D eigenvalue weighted by Crippen LogP contribution is 2.46. The molecule has 0 radical (unpaired) electrons. The number of likely N-dealkylation sites (tertiary alicyclic amines) is 2. The second kappa shape index (κ2) is 18.5. The van der Waals surface area contributed by atoms with E-state index in [1.807, 2.05) is 36.8 Å². The lowest BCUT2D eigenvalue weighted by molar-refractivity contribution is -0.138. The second-order valence-corrected chi connectivity index (χ2v) is 18.6. The topological polar surface area (TPSA) is 177 Å². The number of carbonyl (C=O) groups excluding carboxylic acids is 4. The van der Waals surface area contributed by atoms with Crippen molar-refractivity contribution >= 4 is 46.2 Å². The SMILES string of the molecule is CCC[C@H]1CC[C@@H](C2=Nc3ccc4cc5c(cc4c3C2)OCc2cc(-c3cnc([C@@H]4CC[C@H](C)N4C(=O)[C@@H](NC(=O)OC)C(C)C)[nH]3)ccc2-5)N1C(=O)[C@@H](NC(=O)OC)C1CCOCC1. The summed E-state index contributed by atoms with van der Waals surface area (Å²) in [4.78, 5) is 70.7. The van der Waals surface area contributed by atoms with Crippen molar-refractivity contribution in [3.63, 3.8) is 0 Å². The molecule has 4 amide bonds. The van der Waals surface area contributed by atoms with E-state index in [0.717, 1.165) is 100.0 Å². The van der Waals surface area contributed by atoms with Gasteiger partial charge in [-0.05, 0) is 121 Å². The Bertz CT molecular complexity index is 2510. The molecule has 6 atom stereocenters. The maximum absolute atomic E-state index is 14.7. The van der Waals surface area contributed by atoms with Crippen molar-refractivity contribution in [2.45, 2.75) is 128 Å². The number of rotatable bonds is 11. The van der Waals surface area contributed by atoms with Crippen LogP contribution in [0.5, 0.6) is 5.75 Å². The first kappa shape index (κ1) is 44.3. The highest BCUT2D eigenvalue weighted by atomic mass is 16.5. The third-order valence-corrected chi connectivity index (χ3v) is 14.4. The summed E-state index contributed by atoms with van der Waals surface area (Å²) in [5, 5.41) is 7.83. The molecular weight excluding hydrogens is 827 g/mol. The predicted octanol–water partition coefficient (Wildman–Crippen LogP) is 8.16. The molecule has 65 heavy (non-hydrogen) atoms. The number of hydrogen-bond acceptors (Lipinski definition) is 10. The van der Waals surface area contributed by atoms with Crippen LogP contribution in [-0.4, -0.2) is 107 Å². The van der Waals surface area contributed by atoms with E-state index in [0.29, 0.717) is 44.9 Å². The number of imidazole rings is 1. The summed E-state index contributed by atoms with van der Waals surface area (Å²) in [5.41, 5.74) is 8.05.